The Morgan fingerprint density at radius 2 is 2.11 bits per heavy atom. The molecule has 104 valence electrons. The highest BCUT2D eigenvalue weighted by molar-refractivity contribution is 7.91. The van der Waals surface area contributed by atoms with Crippen LogP contribution in [0.2, 0.25) is 0 Å². The number of amides is 1. The van der Waals surface area contributed by atoms with Crippen molar-refractivity contribution >= 4 is 21.4 Å². The largest absolute Gasteiger partial charge is 0.397 e. The van der Waals surface area contributed by atoms with E-state index in [2.05, 4.69) is 5.32 Å². The first-order valence-corrected chi connectivity index (χ1v) is 8.25. The van der Waals surface area contributed by atoms with E-state index in [1.807, 2.05) is 4.57 Å². The van der Waals surface area contributed by atoms with Crippen molar-refractivity contribution in [1.82, 2.24) is 9.88 Å². The minimum atomic E-state index is -2.98. The third kappa shape index (κ3) is 2.60. The van der Waals surface area contributed by atoms with Gasteiger partial charge in [0.25, 0.3) is 5.91 Å². The number of nitrogens with zero attached hydrogens (tertiary/aromatic N) is 1. The van der Waals surface area contributed by atoms with Gasteiger partial charge in [0.1, 0.15) is 5.69 Å². The normalized spacial score (nSPS) is 25.4. The summed E-state index contributed by atoms with van der Waals surface area (Å²) < 4.78 is 24.6. The summed E-state index contributed by atoms with van der Waals surface area (Å²) in [5.74, 6) is -0.0343. The molecule has 1 unspecified atom stereocenters. The first-order valence-electron chi connectivity index (χ1n) is 6.43. The molecule has 1 saturated carbocycles. The number of hydrogen-bond acceptors (Lipinski definition) is 4. The molecule has 3 rings (SSSR count). The molecule has 6 nitrogen and oxygen atoms in total. The Bertz CT molecular complexity index is 616. The van der Waals surface area contributed by atoms with Crippen LogP contribution in [0.25, 0.3) is 0 Å². The van der Waals surface area contributed by atoms with E-state index in [1.165, 1.54) is 0 Å². The van der Waals surface area contributed by atoms with Crippen LogP contribution in [0.15, 0.2) is 12.3 Å². The molecule has 0 radical (unpaired) electrons. The van der Waals surface area contributed by atoms with Crippen LogP contribution >= 0.6 is 0 Å². The smallest absolute Gasteiger partial charge is 0.268 e. The molecule has 1 saturated heterocycles. The third-order valence-corrected chi connectivity index (χ3v) is 5.38. The zero-order valence-electron chi connectivity index (χ0n) is 10.5. The van der Waals surface area contributed by atoms with Gasteiger partial charge in [-0.2, -0.15) is 0 Å². The fourth-order valence-electron chi connectivity index (χ4n) is 2.51. The minimum absolute atomic E-state index is 0.0400. The number of carbonyl (C=O) groups is 1. The average molecular weight is 283 g/mol. The maximum Gasteiger partial charge on any atom is 0.268 e. The first-order chi connectivity index (χ1) is 8.94. The molecule has 1 aromatic heterocycles. The van der Waals surface area contributed by atoms with Gasteiger partial charge in [-0.25, -0.2) is 8.42 Å². The molecule has 0 spiro atoms. The van der Waals surface area contributed by atoms with Gasteiger partial charge in [0.2, 0.25) is 0 Å². The molecular weight excluding hydrogens is 266 g/mol. The second kappa shape index (κ2) is 4.26. The second-order valence-corrected chi connectivity index (χ2v) is 7.60. The van der Waals surface area contributed by atoms with E-state index in [-0.39, 0.29) is 23.5 Å². The van der Waals surface area contributed by atoms with Crippen LogP contribution in [0.5, 0.6) is 0 Å². The lowest BCUT2D eigenvalue weighted by molar-refractivity contribution is 0.0931. The molecule has 0 bridgehead atoms. The molecule has 1 atom stereocenters. The van der Waals surface area contributed by atoms with E-state index >= 15 is 0 Å². The monoisotopic (exact) mass is 283 g/mol. The number of carbonyl (C=O) groups excluding carboxylic acids is 1. The van der Waals surface area contributed by atoms with Gasteiger partial charge in [0.15, 0.2) is 9.84 Å². The first kappa shape index (κ1) is 12.5. The summed E-state index contributed by atoms with van der Waals surface area (Å²) in [7, 11) is -2.98. The Morgan fingerprint density at radius 1 is 1.37 bits per heavy atom. The van der Waals surface area contributed by atoms with Crippen molar-refractivity contribution in [3.05, 3.63) is 18.0 Å². The highest BCUT2D eigenvalue weighted by Gasteiger charge is 2.31. The molecule has 2 aliphatic rings. The van der Waals surface area contributed by atoms with E-state index in [0.717, 1.165) is 12.8 Å². The van der Waals surface area contributed by atoms with Crippen LogP contribution in [0.4, 0.5) is 5.69 Å². The Labute approximate surface area is 111 Å². The third-order valence-electron chi connectivity index (χ3n) is 3.61. The number of sulfone groups is 1. The van der Waals surface area contributed by atoms with Gasteiger partial charge < -0.3 is 15.6 Å². The molecule has 0 aromatic carbocycles. The van der Waals surface area contributed by atoms with Crippen molar-refractivity contribution < 1.29 is 13.2 Å². The molecule has 1 aliphatic carbocycles. The number of rotatable bonds is 3. The number of aromatic nitrogens is 1. The predicted octanol–water partition coefficient (Wildman–Crippen LogP) is 0.322. The fraction of sp³-hybridized carbons (Fsp3) is 0.583. The molecular formula is C12H17N3O3S. The van der Waals surface area contributed by atoms with E-state index in [4.69, 9.17) is 5.73 Å². The van der Waals surface area contributed by atoms with Crippen LogP contribution in [-0.2, 0) is 9.84 Å². The number of nitrogens with two attached hydrogens (primary N) is 1. The molecule has 19 heavy (non-hydrogen) atoms. The van der Waals surface area contributed by atoms with Crippen molar-refractivity contribution in [2.45, 2.75) is 31.3 Å². The summed E-state index contributed by atoms with van der Waals surface area (Å²) in [5, 5.41) is 2.79. The van der Waals surface area contributed by atoms with Gasteiger partial charge in [-0.3, -0.25) is 4.79 Å². The van der Waals surface area contributed by atoms with Gasteiger partial charge >= 0.3 is 0 Å². The highest BCUT2D eigenvalue weighted by atomic mass is 32.2. The molecule has 3 N–H and O–H groups in total. The van der Waals surface area contributed by atoms with Crippen LogP contribution in [0.3, 0.4) is 0 Å². The zero-order valence-corrected chi connectivity index (χ0v) is 11.3. The van der Waals surface area contributed by atoms with Crippen molar-refractivity contribution in [3.8, 4) is 0 Å². The van der Waals surface area contributed by atoms with E-state index in [9.17, 15) is 13.2 Å². The zero-order chi connectivity index (χ0) is 13.6. The maximum absolute atomic E-state index is 12.2. The number of anilines is 1. The number of hydrogen-bond donors (Lipinski definition) is 2. The summed E-state index contributed by atoms with van der Waals surface area (Å²) in [6.07, 6.45) is 4.39. The predicted molar refractivity (Wildman–Crippen MR) is 71.6 cm³/mol. The van der Waals surface area contributed by atoms with Gasteiger partial charge in [-0.1, -0.05) is 0 Å². The van der Waals surface area contributed by atoms with Crippen LogP contribution < -0.4 is 11.1 Å². The van der Waals surface area contributed by atoms with Crippen molar-refractivity contribution in [2.75, 3.05) is 17.2 Å². The van der Waals surface area contributed by atoms with Crippen molar-refractivity contribution in [1.29, 1.82) is 0 Å². The van der Waals surface area contributed by atoms with Crippen LogP contribution in [-0.4, -0.2) is 36.4 Å². The Hall–Kier alpha value is -1.50. The summed E-state index contributed by atoms with van der Waals surface area (Å²) >= 11 is 0. The summed E-state index contributed by atoms with van der Waals surface area (Å²) in [6.45, 7) is 0. The topological polar surface area (TPSA) is 94.2 Å². The summed E-state index contributed by atoms with van der Waals surface area (Å²) in [4.78, 5) is 12.2. The van der Waals surface area contributed by atoms with E-state index < -0.39 is 9.84 Å². The van der Waals surface area contributed by atoms with E-state index in [0.29, 0.717) is 23.8 Å². The Morgan fingerprint density at radius 3 is 2.68 bits per heavy atom. The van der Waals surface area contributed by atoms with Crippen molar-refractivity contribution in [3.63, 3.8) is 0 Å². The standard InChI is InChI=1S/C12H17N3O3S/c13-8-5-11(15(6-8)10-1-2-10)12(16)14-9-3-4-19(17,18)7-9/h5-6,9-10H,1-4,7,13H2,(H,14,16). The lowest BCUT2D eigenvalue weighted by Crippen LogP contribution is -2.36. The number of nitrogens with one attached hydrogen (secondary N) is 1. The van der Waals surface area contributed by atoms with Crippen molar-refractivity contribution in [2.24, 2.45) is 0 Å². The minimum Gasteiger partial charge on any atom is -0.397 e. The molecule has 7 heteroatoms. The molecule has 1 amide bonds. The fourth-order valence-corrected chi connectivity index (χ4v) is 4.18. The molecule has 1 aromatic rings. The van der Waals surface area contributed by atoms with E-state index in [1.54, 1.807) is 12.3 Å². The SMILES string of the molecule is Nc1cc(C(=O)NC2CCS(=O)(=O)C2)n(C2CC2)c1. The highest BCUT2D eigenvalue weighted by Crippen LogP contribution is 2.37. The quantitative estimate of drug-likeness (QED) is 0.835. The van der Waals surface area contributed by atoms with Gasteiger partial charge in [-0.15, -0.1) is 0 Å². The molecule has 2 fully saturated rings. The Balaban J connectivity index is 1.74. The summed E-state index contributed by atoms with van der Waals surface area (Å²) in [5.41, 5.74) is 6.83. The van der Waals surface area contributed by atoms with Gasteiger partial charge in [0.05, 0.1) is 17.2 Å². The number of nitrogen functional groups attached to an aromatic ring is 1. The molecule has 1 aliphatic heterocycles. The summed E-state index contributed by atoms with van der Waals surface area (Å²) in [6, 6.07) is 1.74. The van der Waals surface area contributed by atoms with Crippen LogP contribution in [0.1, 0.15) is 35.8 Å². The Kier molecular flexibility index (Phi) is 2.81. The second-order valence-electron chi connectivity index (χ2n) is 5.37. The molecule has 2 heterocycles. The van der Waals surface area contributed by atoms with Gasteiger partial charge in [0, 0.05) is 18.3 Å². The lowest BCUT2D eigenvalue weighted by Gasteiger charge is -2.12. The maximum atomic E-state index is 12.2. The lowest BCUT2D eigenvalue weighted by atomic mass is 10.2. The average Bonchev–Trinajstić information content (AvgIpc) is 3.01. The van der Waals surface area contributed by atoms with Gasteiger partial charge in [-0.05, 0) is 25.3 Å². The van der Waals surface area contributed by atoms with Crippen LogP contribution in [0, 0.1) is 0 Å².